The summed E-state index contributed by atoms with van der Waals surface area (Å²) in [5, 5.41) is 18.9. The number of aromatic nitrogens is 1. The highest BCUT2D eigenvalue weighted by Gasteiger charge is 2.43. The first-order valence-electron chi connectivity index (χ1n) is 7.15. The number of aliphatic hydroxyl groups is 1. The minimum atomic E-state index is -1.04. The third-order valence-electron chi connectivity index (χ3n) is 4.64. The van der Waals surface area contributed by atoms with Crippen molar-refractivity contribution in [2.24, 2.45) is 11.8 Å². The van der Waals surface area contributed by atoms with Crippen LogP contribution in [0.25, 0.3) is 0 Å². The van der Waals surface area contributed by atoms with Gasteiger partial charge in [0.25, 0.3) is 5.91 Å². The number of rotatable bonds is 2. The number of aliphatic hydroxyl groups excluding tert-OH is 1. The number of pyridine rings is 1. The molecule has 3 rings (SSSR count). The van der Waals surface area contributed by atoms with Gasteiger partial charge >= 0.3 is 5.97 Å². The number of carbonyl (C=O) groups is 2. The minimum Gasteiger partial charge on any atom is -0.478 e. The van der Waals surface area contributed by atoms with E-state index in [1.807, 2.05) is 0 Å². The highest BCUT2D eigenvalue weighted by molar-refractivity contribution is 5.94. The molecule has 112 valence electrons. The van der Waals surface area contributed by atoms with Crippen LogP contribution < -0.4 is 0 Å². The zero-order chi connectivity index (χ0) is 15.1. The van der Waals surface area contributed by atoms with Crippen molar-refractivity contribution < 1.29 is 19.8 Å². The van der Waals surface area contributed by atoms with E-state index in [0.717, 1.165) is 12.8 Å². The lowest BCUT2D eigenvalue weighted by atomic mass is 10.00. The zero-order valence-electron chi connectivity index (χ0n) is 11.8. The molecule has 3 atom stereocenters. The van der Waals surface area contributed by atoms with Gasteiger partial charge < -0.3 is 15.1 Å². The van der Waals surface area contributed by atoms with Crippen LogP contribution in [0.3, 0.4) is 0 Å². The van der Waals surface area contributed by atoms with Gasteiger partial charge in [-0.2, -0.15) is 0 Å². The Morgan fingerprint density at radius 1 is 1.29 bits per heavy atom. The van der Waals surface area contributed by atoms with Crippen molar-refractivity contribution in [3.8, 4) is 0 Å². The van der Waals surface area contributed by atoms with Crippen molar-refractivity contribution in [1.82, 2.24) is 9.88 Å². The molecule has 1 saturated heterocycles. The molecule has 1 aromatic heterocycles. The maximum atomic E-state index is 12.5. The number of nitrogens with zero attached hydrogens (tertiary/aromatic N) is 2. The Bertz CT molecular complexity index is 601. The lowest BCUT2D eigenvalue weighted by Crippen LogP contribution is -2.31. The predicted octanol–water partition coefficient (Wildman–Crippen LogP) is 0.931. The van der Waals surface area contributed by atoms with Gasteiger partial charge in [-0.05, 0) is 37.8 Å². The van der Waals surface area contributed by atoms with Crippen LogP contribution in [0.15, 0.2) is 12.1 Å². The summed E-state index contributed by atoms with van der Waals surface area (Å²) in [5.74, 6) is -0.675. The average Bonchev–Trinajstić information content (AvgIpc) is 3.00. The van der Waals surface area contributed by atoms with Crippen LogP contribution in [0.2, 0.25) is 0 Å². The lowest BCUT2D eigenvalue weighted by molar-refractivity contribution is 0.0690. The van der Waals surface area contributed by atoms with Gasteiger partial charge in [0, 0.05) is 19.0 Å². The monoisotopic (exact) mass is 290 g/mol. The number of carboxylic acid groups (broad SMARTS) is 1. The second-order valence-electron chi connectivity index (χ2n) is 5.91. The van der Waals surface area contributed by atoms with Crippen LogP contribution in [-0.2, 0) is 0 Å². The van der Waals surface area contributed by atoms with Gasteiger partial charge in [0.2, 0.25) is 0 Å². The molecule has 1 aromatic rings. The standard InChI is InChI=1S/C15H18N2O4/c1-8-10(15(20)21)3-4-12(16-8)14(19)17-6-9-2-5-13(18)11(9)7-17/h3-4,9,11,13,18H,2,5-7H2,1H3,(H,20,21). The van der Waals surface area contributed by atoms with E-state index in [4.69, 9.17) is 5.11 Å². The van der Waals surface area contributed by atoms with E-state index in [9.17, 15) is 14.7 Å². The fourth-order valence-corrected chi connectivity index (χ4v) is 3.47. The van der Waals surface area contributed by atoms with Crippen molar-refractivity contribution in [2.45, 2.75) is 25.9 Å². The Balaban J connectivity index is 1.77. The van der Waals surface area contributed by atoms with Crippen molar-refractivity contribution >= 4 is 11.9 Å². The van der Waals surface area contributed by atoms with Gasteiger partial charge in [-0.25, -0.2) is 9.78 Å². The van der Waals surface area contributed by atoms with E-state index >= 15 is 0 Å². The summed E-state index contributed by atoms with van der Waals surface area (Å²) in [5.41, 5.74) is 0.722. The molecular weight excluding hydrogens is 272 g/mol. The maximum Gasteiger partial charge on any atom is 0.337 e. The Morgan fingerprint density at radius 2 is 2.05 bits per heavy atom. The zero-order valence-corrected chi connectivity index (χ0v) is 11.8. The number of amides is 1. The Hall–Kier alpha value is -1.95. The first-order valence-corrected chi connectivity index (χ1v) is 7.15. The molecule has 2 N–H and O–H groups in total. The summed E-state index contributed by atoms with van der Waals surface area (Å²) in [6, 6.07) is 2.88. The SMILES string of the molecule is Cc1nc(C(=O)N2CC3CCC(O)C3C2)ccc1C(=O)O. The highest BCUT2D eigenvalue weighted by Crippen LogP contribution is 2.38. The molecule has 3 unspecified atom stereocenters. The van der Waals surface area contributed by atoms with Crippen molar-refractivity contribution in [2.75, 3.05) is 13.1 Å². The predicted molar refractivity (Wildman–Crippen MR) is 74.1 cm³/mol. The summed E-state index contributed by atoms with van der Waals surface area (Å²) in [6.45, 7) is 2.80. The number of carboxylic acids is 1. The molecule has 0 radical (unpaired) electrons. The normalized spacial score (nSPS) is 27.7. The second kappa shape index (κ2) is 5.11. The largest absolute Gasteiger partial charge is 0.478 e. The van der Waals surface area contributed by atoms with Crippen molar-refractivity contribution in [1.29, 1.82) is 0 Å². The Labute approximate surface area is 122 Å². The van der Waals surface area contributed by atoms with E-state index in [2.05, 4.69) is 4.98 Å². The fourth-order valence-electron chi connectivity index (χ4n) is 3.47. The molecule has 1 saturated carbocycles. The van der Waals surface area contributed by atoms with E-state index in [0.29, 0.717) is 24.7 Å². The second-order valence-corrected chi connectivity index (χ2v) is 5.91. The first kappa shape index (κ1) is 14.0. The van der Waals surface area contributed by atoms with Crippen LogP contribution >= 0.6 is 0 Å². The van der Waals surface area contributed by atoms with Gasteiger partial charge in [-0.3, -0.25) is 4.79 Å². The van der Waals surface area contributed by atoms with E-state index in [1.165, 1.54) is 12.1 Å². The molecule has 6 nitrogen and oxygen atoms in total. The Kier molecular flexibility index (Phi) is 3.41. The van der Waals surface area contributed by atoms with E-state index < -0.39 is 5.97 Å². The number of hydrogen-bond donors (Lipinski definition) is 2. The molecule has 1 aliphatic heterocycles. The molecule has 2 fully saturated rings. The summed E-state index contributed by atoms with van der Waals surface area (Å²) < 4.78 is 0. The molecular formula is C15H18N2O4. The van der Waals surface area contributed by atoms with E-state index in [1.54, 1.807) is 11.8 Å². The number of aromatic carboxylic acids is 1. The number of hydrogen-bond acceptors (Lipinski definition) is 4. The summed E-state index contributed by atoms with van der Waals surface area (Å²) in [7, 11) is 0. The minimum absolute atomic E-state index is 0.111. The Morgan fingerprint density at radius 3 is 2.67 bits per heavy atom. The van der Waals surface area contributed by atoms with Crippen molar-refractivity contribution in [3.63, 3.8) is 0 Å². The summed E-state index contributed by atoms with van der Waals surface area (Å²) in [4.78, 5) is 29.3. The van der Waals surface area contributed by atoms with Crippen LogP contribution in [0.4, 0.5) is 0 Å². The van der Waals surface area contributed by atoms with E-state index in [-0.39, 0.29) is 29.2 Å². The third kappa shape index (κ3) is 2.40. The van der Waals surface area contributed by atoms with Crippen LogP contribution in [0, 0.1) is 18.8 Å². The van der Waals surface area contributed by atoms with Gasteiger partial charge in [0.1, 0.15) is 5.69 Å². The van der Waals surface area contributed by atoms with Crippen molar-refractivity contribution in [3.05, 3.63) is 29.1 Å². The highest BCUT2D eigenvalue weighted by atomic mass is 16.4. The van der Waals surface area contributed by atoms with Crippen LogP contribution in [0.1, 0.15) is 39.4 Å². The topological polar surface area (TPSA) is 90.7 Å². The quantitative estimate of drug-likeness (QED) is 0.845. The van der Waals surface area contributed by atoms with Gasteiger partial charge in [-0.1, -0.05) is 0 Å². The summed E-state index contributed by atoms with van der Waals surface area (Å²) >= 11 is 0. The number of fused-ring (bicyclic) bond motifs is 1. The van der Waals surface area contributed by atoms with Crippen LogP contribution in [-0.4, -0.2) is 51.2 Å². The van der Waals surface area contributed by atoms with Crippen LogP contribution in [0.5, 0.6) is 0 Å². The molecule has 2 heterocycles. The lowest BCUT2D eigenvalue weighted by Gasteiger charge is -2.18. The first-order chi connectivity index (χ1) is 9.97. The molecule has 0 spiro atoms. The average molecular weight is 290 g/mol. The molecule has 6 heteroatoms. The molecule has 1 amide bonds. The van der Waals surface area contributed by atoms with Gasteiger partial charge in [0.15, 0.2) is 0 Å². The fraction of sp³-hybridized carbons (Fsp3) is 0.533. The maximum absolute atomic E-state index is 12.5. The molecule has 1 aliphatic carbocycles. The number of likely N-dealkylation sites (tertiary alicyclic amines) is 1. The molecule has 2 aliphatic rings. The molecule has 21 heavy (non-hydrogen) atoms. The third-order valence-corrected chi connectivity index (χ3v) is 4.64. The number of carbonyl (C=O) groups excluding carboxylic acids is 1. The smallest absolute Gasteiger partial charge is 0.337 e. The summed E-state index contributed by atoms with van der Waals surface area (Å²) in [6.07, 6.45) is 1.47. The molecule has 0 aromatic carbocycles. The van der Waals surface area contributed by atoms with Gasteiger partial charge in [-0.15, -0.1) is 0 Å². The molecule has 0 bridgehead atoms. The number of aryl methyl sites for hydroxylation is 1. The van der Waals surface area contributed by atoms with Gasteiger partial charge in [0.05, 0.1) is 17.4 Å².